The van der Waals surface area contributed by atoms with Gasteiger partial charge >= 0.3 is 0 Å². The molecule has 1 aliphatic heterocycles. The number of carbonyl (C=O) groups is 1. The third-order valence-corrected chi connectivity index (χ3v) is 2.25. The molecule has 2 rings (SSSR count). The largest absolute Gasteiger partial charge is 0.311 e. The van der Waals surface area contributed by atoms with Gasteiger partial charge in [-0.25, -0.2) is 0 Å². The average Bonchev–Trinajstić information content (AvgIpc) is 2.67. The smallest absolute Gasteiger partial charge is 0.227 e. The lowest BCUT2D eigenvalue weighted by atomic mass is 10.3. The number of hydrogen-bond acceptors (Lipinski definition) is 2. The first kappa shape index (κ1) is 11.7. The van der Waals surface area contributed by atoms with Gasteiger partial charge in [0.15, 0.2) is 0 Å². The van der Waals surface area contributed by atoms with E-state index in [1.807, 2.05) is 26.8 Å². The maximum absolute atomic E-state index is 11.4. The molecule has 3 nitrogen and oxygen atoms in total. The molecule has 0 aromatic carbocycles. The molecule has 0 radical (unpaired) electrons. The highest BCUT2D eigenvalue weighted by Crippen LogP contribution is 2.20. The van der Waals surface area contributed by atoms with Gasteiger partial charge in [0.25, 0.3) is 0 Å². The molecular weight excluding hydrogens is 188 g/mol. The Morgan fingerprint density at radius 3 is 2.60 bits per heavy atom. The van der Waals surface area contributed by atoms with Crippen LogP contribution >= 0.6 is 0 Å². The van der Waals surface area contributed by atoms with Crippen LogP contribution in [0.15, 0.2) is 18.5 Å². The minimum Gasteiger partial charge on any atom is -0.311 e. The van der Waals surface area contributed by atoms with Crippen LogP contribution in [0.5, 0.6) is 0 Å². The second-order valence-electron chi connectivity index (χ2n) is 3.37. The Balaban J connectivity index is 0.000000531. The van der Waals surface area contributed by atoms with Crippen molar-refractivity contribution < 1.29 is 4.79 Å². The number of hydrogen-bond donors (Lipinski definition) is 0. The highest BCUT2D eigenvalue weighted by atomic mass is 16.2. The Morgan fingerprint density at radius 2 is 2.07 bits per heavy atom. The predicted molar refractivity (Wildman–Crippen MR) is 61.9 cm³/mol. The summed E-state index contributed by atoms with van der Waals surface area (Å²) in [4.78, 5) is 17.3. The molecule has 0 saturated carbocycles. The highest BCUT2D eigenvalue weighted by Gasteiger charge is 2.21. The Bertz CT molecular complexity index is 336. The van der Waals surface area contributed by atoms with Crippen molar-refractivity contribution in [2.75, 3.05) is 11.4 Å². The zero-order valence-electron chi connectivity index (χ0n) is 9.66. The topological polar surface area (TPSA) is 33.2 Å². The molecule has 15 heavy (non-hydrogen) atoms. The van der Waals surface area contributed by atoms with Gasteiger partial charge in [0.05, 0.1) is 11.9 Å². The summed E-state index contributed by atoms with van der Waals surface area (Å²) in [6, 6.07) is 2.00. The lowest BCUT2D eigenvalue weighted by Gasteiger charge is -2.14. The molecule has 3 heteroatoms. The molecule has 0 aliphatic carbocycles. The number of carbonyl (C=O) groups excluding carboxylic acids is 1. The molecule has 2 heterocycles. The quantitative estimate of drug-likeness (QED) is 0.707. The van der Waals surface area contributed by atoms with E-state index in [0.717, 1.165) is 24.2 Å². The van der Waals surface area contributed by atoms with Crippen LogP contribution in [0.3, 0.4) is 0 Å². The fourth-order valence-electron chi connectivity index (χ4n) is 1.61. The first-order chi connectivity index (χ1) is 7.27. The Morgan fingerprint density at radius 1 is 1.33 bits per heavy atom. The van der Waals surface area contributed by atoms with Crippen molar-refractivity contribution in [3.63, 3.8) is 0 Å². The van der Waals surface area contributed by atoms with Crippen molar-refractivity contribution >= 4 is 11.6 Å². The lowest BCUT2D eigenvalue weighted by molar-refractivity contribution is -0.117. The van der Waals surface area contributed by atoms with Crippen LogP contribution < -0.4 is 4.90 Å². The number of aryl methyl sites for hydroxylation is 1. The van der Waals surface area contributed by atoms with E-state index < -0.39 is 0 Å². The van der Waals surface area contributed by atoms with Gasteiger partial charge in [0, 0.05) is 19.2 Å². The van der Waals surface area contributed by atoms with Crippen molar-refractivity contribution in [3.05, 3.63) is 24.0 Å². The molecule has 1 saturated heterocycles. The Labute approximate surface area is 91.1 Å². The maximum Gasteiger partial charge on any atom is 0.227 e. The summed E-state index contributed by atoms with van der Waals surface area (Å²) in [6.07, 6.45) is 5.18. The van der Waals surface area contributed by atoms with Crippen LogP contribution in [-0.4, -0.2) is 17.4 Å². The maximum atomic E-state index is 11.4. The van der Waals surface area contributed by atoms with Crippen LogP contribution in [0.25, 0.3) is 0 Å². The Kier molecular flexibility index (Phi) is 4.28. The first-order valence-corrected chi connectivity index (χ1v) is 5.49. The molecule has 1 aliphatic rings. The van der Waals surface area contributed by atoms with E-state index in [9.17, 15) is 4.79 Å². The molecule has 1 fully saturated rings. The third-order valence-electron chi connectivity index (χ3n) is 2.25. The van der Waals surface area contributed by atoms with Gasteiger partial charge in [-0.2, -0.15) is 0 Å². The van der Waals surface area contributed by atoms with E-state index in [4.69, 9.17) is 0 Å². The second-order valence-corrected chi connectivity index (χ2v) is 3.37. The fraction of sp³-hybridized carbons (Fsp3) is 0.500. The summed E-state index contributed by atoms with van der Waals surface area (Å²) in [5.41, 5.74) is 2.03. The molecule has 1 aromatic rings. The van der Waals surface area contributed by atoms with E-state index in [2.05, 4.69) is 4.98 Å². The van der Waals surface area contributed by atoms with Crippen molar-refractivity contribution in [2.24, 2.45) is 0 Å². The number of nitrogens with zero attached hydrogens (tertiary/aromatic N) is 2. The van der Waals surface area contributed by atoms with Gasteiger partial charge < -0.3 is 4.90 Å². The van der Waals surface area contributed by atoms with Gasteiger partial charge in [0.1, 0.15) is 0 Å². The standard InChI is InChI=1S/C10H12N2O.C2H6/c1-8-5-9(7-11-6-8)12-4-2-3-10(12)13;1-2/h5-7H,2-4H2,1H3;1-2H3. The van der Waals surface area contributed by atoms with Crippen molar-refractivity contribution in [2.45, 2.75) is 33.6 Å². The number of pyridine rings is 1. The number of rotatable bonds is 1. The number of amides is 1. The summed E-state index contributed by atoms with van der Waals surface area (Å²) in [7, 11) is 0. The molecule has 0 unspecified atom stereocenters. The SMILES string of the molecule is CC.Cc1cncc(N2CCCC2=O)c1. The molecular formula is C12H18N2O. The Hall–Kier alpha value is -1.38. The minimum absolute atomic E-state index is 0.215. The van der Waals surface area contributed by atoms with Crippen LogP contribution in [0.1, 0.15) is 32.3 Å². The van der Waals surface area contributed by atoms with Gasteiger partial charge in [-0.05, 0) is 25.0 Å². The molecule has 82 valence electrons. The normalized spacial score (nSPS) is 14.9. The summed E-state index contributed by atoms with van der Waals surface area (Å²) < 4.78 is 0. The van der Waals surface area contributed by atoms with Crippen LogP contribution in [0.4, 0.5) is 5.69 Å². The van der Waals surface area contributed by atoms with Gasteiger partial charge in [-0.15, -0.1) is 0 Å². The van der Waals surface area contributed by atoms with E-state index in [0.29, 0.717) is 6.42 Å². The highest BCUT2D eigenvalue weighted by molar-refractivity contribution is 5.95. The van der Waals surface area contributed by atoms with Crippen molar-refractivity contribution in [1.82, 2.24) is 4.98 Å². The molecule has 0 spiro atoms. The number of aromatic nitrogens is 1. The lowest BCUT2D eigenvalue weighted by Crippen LogP contribution is -2.23. The average molecular weight is 206 g/mol. The minimum atomic E-state index is 0.215. The first-order valence-electron chi connectivity index (χ1n) is 5.49. The summed E-state index contributed by atoms with van der Waals surface area (Å²) in [5.74, 6) is 0.215. The predicted octanol–water partition coefficient (Wildman–Crippen LogP) is 2.54. The van der Waals surface area contributed by atoms with E-state index in [1.54, 1.807) is 17.3 Å². The van der Waals surface area contributed by atoms with Gasteiger partial charge in [-0.3, -0.25) is 9.78 Å². The monoisotopic (exact) mass is 206 g/mol. The van der Waals surface area contributed by atoms with Gasteiger partial charge in [-0.1, -0.05) is 13.8 Å². The van der Waals surface area contributed by atoms with Crippen LogP contribution in [0.2, 0.25) is 0 Å². The summed E-state index contributed by atoms with van der Waals surface area (Å²) in [6.45, 7) is 6.82. The zero-order valence-corrected chi connectivity index (χ0v) is 9.66. The summed E-state index contributed by atoms with van der Waals surface area (Å²) in [5, 5.41) is 0. The fourth-order valence-corrected chi connectivity index (χ4v) is 1.61. The van der Waals surface area contributed by atoms with Gasteiger partial charge in [0.2, 0.25) is 5.91 Å². The van der Waals surface area contributed by atoms with Crippen molar-refractivity contribution in [3.8, 4) is 0 Å². The van der Waals surface area contributed by atoms with Crippen molar-refractivity contribution in [1.29, 1.82) is 0 Å². The number of anilines is 1. The van der Waals surface area contributed by atoms with E-state index in [-0.39, 0.29) is 5.91 Å². The van der Waals surface area contributed by atoms with E-state index in [1.165, 1.54) is 0 Å². The molecule has 0 N–H and O–H groups in total. The zero-order chi connectivity index (χ0) is 11.3. The third kappa shape index (κ3) is 2.78. The second kappa shape index (κ2) is 5.49. The van der Waals surface area contributed by atoms with Crippen LogP contribution in [0, 0.1) is 6.92 Å². The molecule has 1 aromatic heterocycles. The molecule has 1 amide bonds. The van der Waals surface area contributed by atoms with E-state index >= 15 is 0 Å². The molecule has 0 bridgehead atoms. The summed E-state index contributed by atoms with van der Waals surface area (Å²) >= 11 is 0. The van der Waals surface area contributed by atoms with Crippen LogP contribution in [-0.2, 0) is 4.79 Å². The molecule has 0 atom stereocenters.